The Morgan fingerprint density at radius 3 is 2.38 bits per heavy atom. The number of aryl methyl sites for hydroxylation is 2. The largest absolute Gasteiger partial charge is 0.295 e. The van der Waals surface area contributed by atoms with Gasteiger partial charge in [0.1, 0.15) is 0 Å². The molecule has 0 fully saturated rings. The lowest BCUT2D eigenvalue weighted by Crippen LogP contribution is -2.29. The van der Waals surface area contributed by atoms with E-state index in [0.717, 1.165) is 28.1 Å². The van der Waals surface area contributed by atoms with Gasteiger partial charge in [-0.3, -0.25) is 14.8 Å². The van der Waals surface area contributed by atoms with Crippen LogP contribution in [0.4, 0.5) is 5.69 Å². The van der Waals surface area contributed by atoms with E-state index in [-0.39, 0.29) is 11.9 Å². The molecule has 24 heavy (non-hydrogen) atoms. The van der Waals surface area contributed by atoms with Crippen LogP contribution in [0.3, 0.4) is 0 Å². The van der Waals surface area contributed by atoms with Gasteiger partial charge in [-0.2, -0.15) is 5.10 Å². The van der Waals surface area contributed by atoms with Gasteiger partial charge in [0.15, 0.2) is 5.69 Å². The van der Waals surface area contributed by atoms with Gasteiger partial charge < -0.3 is 0 Å². The second-order valence-electron chi connectivity index (χ2n) is 6.08. The molecule has 0 saturated heterocycles. The number of benzene rings is 2. The number of anilines is 1. The van der Waals surface area contributed by atoms with Gasteiger partial charge in [0, 0.05) is 22.0 Å². The molecular formula is C19H16ClN3O. The van der Waals surface area contributed by atoms with Crippen molar-refractivity contribution in [3.05, 3.63) is 81.6 Å². The number of carbonyl (C=O) groups excluding carboxylic acids is 1. The number of nitrogens with one attached hydrogen (secondary N) is 1. The number of H-pyrrole nitrogens is 1. The summed E-state index contributed by atoms with van der Waals surface area (Å²) in [6, 6.07) is 15.4. The predicted octanol–water partition coefficient (Wildman–Crippen LogP) is 4.43. The number of aromatic amines is 1. The molecule has 120 valence electrons. The fourth-order valence-electron chi connectivity index (χ4n) is 3.23. The molecule has 0 radical (unpaired) electrons. The number of hydrogen-bond donors (Lipinski definition) is 1. The molecule has 3 aromatic rings. The highest BCUT2D eigenvalue weighted by Crippen LogP contribution is 2.42. The van der Waals surface area contributed by atoms with Gasteiger partial charge >= 0.3 is 0 Å². The molecular weight excluding hydrogens is 322 g/mol. The maximum atomic E-state index is 13.0. The standard InChI is InChI=1S/C19H16ClN3O/c1-11-3-9-15(10-4-11)23-18(13-5-7-14(20)8-6-13)16-12(2)21-22-17(16)19(23)24/h3-10,18H,1-2H3,(H,21,22). The zero-order chi connectivity index (χ0) is 16.8. The molecule has 1 N–H and O–H groups in total. The highest BCUT2D eigenvalue weighted by Gasteiger charge is 2.42. The van der Waals surface area contributed by atoms with Crippen LogP contribution >= 0.6 is 11.6 Å². The third-order valence-corrected chi connectivity index (χ3v) is 4.70. The zero-order valence-corrected chi connectivity index (χ0v) is 14.1. The molecule has 1 aliphatic heterocycles. The number of carbonyl (C=O) groups is 1. The lowest BCUT2D eigenvalue weighted by molar-refractivity contribution is 0.0988. The van der Waals surface area contributed by atoms with Gasteiger partial charge in [0.05, 0.1) is 6.04 Å². The predicted molar refractivity (Wildman–Crippen MR) is 94.6 cm³/mol. The quantitative estimate of drug-likeness (QED) is 0.752. The molecule has 2 aromatic carbocycles. The van der Waals surface area contributed by atoms with Crippen LogP contribution in [0.1, 0.15) is 38.9 Å². The van der Waals surface area contributed by atoms with E-state index in [2.05, 4.69) is 10.2 Å². The summed E-state index contributed by atoms with van der Waals surface area (Å²) < 4.78 is 0. The molecule has 1 unspecified atom stereocenters. The van der Waals surface area contributed by atoms with E-state index in [9.17, 15) is 4.79 Å². The molecule has 4 nitrogen and oxygen atoms in total. The Labute approximate surface area is 145 Å². The second kappa shape index (κ2) is 5.49. The van der Waals surface area contributed by atoms with Crippen LogP contribution in [0.15, 0.2) is 48.5 Å². The van der Waals surface area contributed by atoms with E-state index in [1.807, 2.05) is 62.4 Å². The van der Waals surface area contributed by atoms with Crippen molar-refractivity contribution >= 4 is 23.2 Å². The van der Waals surface area contributed by atoms with Gasteiger partial charge in [-0.15, -0.1) is 0 Å². The maximum Gasteiger partial charge on any atom is 0.279 e. The summed E-state index contributed by atoms with van der Waals surface area (Å²) in [4.78, 5) is 14.8. The molecule has 0 saturated carbocycles. The maximum absolute atomic E-state index is 13.0. The highest BCUT2D eigenvalue weighted by molar-refractivity contribution is 6.30. The van der Waals surface area contributed by atoms with Gasteiger partial charge in [-0.25, -0.2) is 0 Å². The summed E-state index contributed by atoms with van der Waals surface area (Å²) in [5.41, 5.74) is 5.37. The fourth-order valence-corrected chi connectivity index (χ4v) is 3.35. The number of aromatic nitrogens is 2. The minimum Gasteiger partial charge on any atom is -0.295 e. The van der Waals surface area contributed by atoms with E-state index >= 15 is 0 Å². The molecule has 1 amide bonds. The SMILES string of the molecule is Cc1ccc(N2C(=O)c3n[nH]c(C)c3C2c2ccc(Cl)cc2)cc1. The van der Waals surface area contributed by atoms with Crippen molar-refractivity contribution in [1.82, 2.24) is 10.2 Å². The highest BCUT2D eigenvalue weighted by atomic mass is 35.5. The summed E-state index contributed by atoms with van der Waals surface area (Å²) in [6.07, 6.45) is 0. The Kier molecular flexibility index (Phi) is 3.43. The van der Waals surface area contributed by atoms with Crippen LogP contribution in [-0.2, 0) is 0 Å². The van der Waals surface area contributed by atoms with Crippen molar-refractivity contribution < 1.29 is 4.79 Å². The smallest absolute Gasteiger partial charge is 0.279 e. The zero-order valence-electron chi connectivity index (χ0n) is 13.4. The van der Waals surface area contributed by atoms with Crippen molar-refractivity contribution in [2.24, 2.45) is 0 Å². The van der Waals surface area contributed by atoms with E-state index in [0.29, 0.717) is 10.7 Å². The first-order chi connectivity index (χ1) is 11.6. The summed E-state index contributed by atoms with van der Waals surface area (Å²) in [5.74, 6) is -0.0850. The lowest BCUT2D eigenvalue weighted by Gasteiger charge is -2.26. The van der Waals surface area contributed by atoms with Crippen LogP contribution in [0.25, 0.3) is 0 Å². The van der Waals surface area contributed by atoms with Gasteiger partial charge in [-0.05, 0) is 43.7 Å². The molecule has 1 aromatic heterocycles. The third kappa shape index (κ3) is 2.22. The summed E-state index contributed by atoms with van der Waals surface area (Å²) >= 11 is 6.03. The topological polar surface area (TPSA) is 49.0 Å². The second-order valence-corrected chi connectivity index (χ2v) is 6.51. The average molecular weight is 338 g/mol. The monoisotopic (exact) mass is 337 g/mol. The molecule has 5 heteroatoms. The summed E-state index contributed by atoms with van der Waals surface area (Å²) in [5, 5.41) is 7.83. The number of hydrogen-bond acceptors (Lipinski definition) is 2. The van der Waals surface area contributed by atoms with Crippen LogP contribution < -0.4 is 4.90 Å². The molecule has 0 bridgehead atoms. The van der Waals surface area contributed by atoms with Gasteiger partial charge in [0.2, 0.25) is 0 Å². The number of rotatable bonds is 2. The normalized spacial score (nSPS) is 16.5. The number of fused-ring (bicyclic) bond motifs is 1. The Morgan fingerprint density at radius 1 is 1.04 bits per heavy atom. The summed E-state index contributed by atoms with van der Waals surface area (Å²) in [7, 11) is 0. The minimum atomic E-state index is -0.203. The van der Waals surface area contributed by atoms with E-state index in [1.54, 1.807) is 4.90 Å². The Morgan fingerprint density at radius 2 is 1.71 bits per heavy atom. The first kappa shape index (κ1) is 15.0. The fraction of sp³-hybridized carbons (Fsp3) is 0.158. The van der Waals surface area contributed by atoms with Crippen LogP contribution in [0, 0.1) is 13.8 Å². The molecule has 4 rings (SSSR count). The van der Waals surface area contributed by atoms with Crippen LogP contribution in [-0.4, -0.2) is 16.1 Å². The summed E-state index contributed by atoms with van der Waals surface area (Å²) in [6.45, 7) is 3.97. The molecule has 1 atom stereocenters. The molecule has 0 aliphatic carbocycles. The van der Waals surface area contributed by atoms with Crippen molar-refractivity contribution in [2.75, 3.05) is 4.90 Å². The van der Waals surface area contributed by atoms with Crippen molar-refractivity contribution in [3.63, 3.8) is 0 Å². The van der Waals surface area contributed by atoms with Gasteiger partial charge in [0.25, 0.3) is 5.91 Å². The number of nitrogens with zero attached hydrogens (tertiary/aromatic N) is 2. The number of amides is 1. The molecule has 2 heterocycles. The van der Waals surface area contributed by atoms with Crippen LogP contribution in [0.2, 0.25) is 5.02 Å². The minimum absolute atomic E-state index is 0.0850. The van der Waals surface area contributed by atoms with E-state index in [4.69, 9.17) is 11.6 Å². The first-order valence-electron chi connectivity index (χ1n) is 7.77. The lowest BCUT2D eigenvalue weighted by atomic mass is 9.99. The Hall–Kier alpha value is -2.59. The van der Waals surface area contributed by atoms with Gasteiger partial charge in [-0.1, -0.05) is 41.4 Å². The first-order valence-corrected chi connectivity index (χ1v) is 8.14. The Bertz CT molecular complexity index is 913. The molecule has 0 spiro atoms. The third-order valence-electron chi connectivity index (χ3n) is 4.45. The van der Waals surface area contributed by atoms with E-state index in [1.165, 1.54) is 0 Å². The van der Waals surface area contributed by atoms with Crippen molar-refractivity contribution in [2.45, 2.75) is 19.9 Å². The van der Waals surface area contributed by atoms with E-state index < -0.39 is 0 Å². The average Bonchev–Trinajstić information content (AvgIpc) is 3.09. The van der Waals surface area contributed by atoms with Crippen molar-refractivity contribution in [3.8, 4) is 0 Å². The number of halogens is 1. The Balaban J connectivity index is 1.89. The molecule has 1 aliphatic rings. The van der Waals surface area contributed by atoms with Crippen LogP contribution in [0.5, 0.6) is 0 Å². The van der Waals surface area contributed by atoms with Crippen molar-refractivity contribution in [1.29, 1.82) is 0 Å².